The quantitative estimate of drug-likeness (QED) is 0.909. The van der Waals surface area contributed by atoms with Crippen molar-refractivity contribution in [2.75, 3.05) is 20.1 Å². The Morgan fingerprint density at radius 2 is 2.00 bits per heavy atom. The molecule has 1 amide bonds. The Morgan fingerprint density at radius 1 is 1.35 bits per heavy atom. The number of amides is 1. The van der Waals surface area contributed by atoms with Crippen molar-refractivity contribution >= 4 is 5.91 Å². The Kier molecular flexibility index (Phi) is 4.75. The fourth-order valence-corrected chi connectivity index (χ4v) is 2.56. The normalized spacial score (nSPS) is 19.2. The molecule has 2 heterocycles. The van der Waals surface area contributed by atoms with Gasteiger partial charge in [-0.2, -0.15) is 4.98 Å². The van der Waals surface area contributed by atoms with Gasteiger partial charge in [-0.3, -0.25) is 9.69 Å². The summed E-state index contributed by atoms with van der Waals surface area (Å²) in [5, 5.41) is 6.74. The molecule has 0 aromatic carbocycles. The van der Waals surface area contributed by atoms with E-state index in [2.05, 4.69) is 27.3 Å². The number of nitrogens with one attached hydrogen (secondary N) is 1. The van der Waals surface area contributed by atoms with Crippen LogP contribution in [0.2, 0.25) is 0 Å². The van der Waals surface area contributed by atoms with Crippen LogP contribution < -0.4 is 5.32 Å². The molecule has 1 N–H and O–H groups in total. The average Bonchev–Trinajstić information content (AvgIpc) is 2.96. The van der Waals surface area contributed by atoms with Gasteiger partial charge < -0.3 is 9.84 Å². The summed E-state index contributed by atoms with van der Waals surface area (Å²) in [5.74, 6) is 1.99. The first-order chi connectivity index (χ1) is 9.52. The maximum Gasteiger partial charge on any atom is 0.243 e. The third kappa shape index (κ3) is 3.17. The number of rotatable bonds is 4. The molecule has 2 rings (SSSR count). The zero-order valence-corrected chi connectivity index (χ0v) is 12.7. The number of hydrogen-bond acceptors (Lipinski definition) is 5. The molecule has 20 heavy (non-hydrogen) atoms. The van der Waals surface area contributed by atoms with Gasteiger partial charge in [0.15, 0.2) is 5.82 Å². The van der Waals surface area contributed by atoms with Crippen molar-refractivity contribution in [3.05, 3.63) is 11.7 Å². The van der Waals surface area contributed by atoms with Crippen LogP contribution in [-0.4, -0.2) is 41.1 Å². The summed E-state index contributed by atoms with van der Waals surface area (Å²) in [6, 6.07) is 0.112. The second-order valence-electron chi connectivity index (χ2n) is 5.75. The van der Waals surface area contributed by atoms with Crippen LogP contribution in [-0.2, 0) is 4.79 Å². The van der Waals surface area contributed by atoms with Crippen molar-refractivity contribution in [2.24, 2.45) is 5.92 Å². The van der Waals surface area contributed by atoms with Crippen LogP contribution in [0.4, 0.5) is 0 Å². The minimum atomic E-state index is 0.112. The van der Waals surface area contributed by atoms with Crippen LogP contribution in [0.25, 0.3) is 0 Å². The van der Waals surface area contributed by atoms with E-state index in [1.807, 2.05) is 13.8 Å². The van der Waals surface area contributed by atoms with Gasteiger partial charge in [-0.05, 0) is 32.9 Å². The van der Waals surface area contributed by atoms with Gasteiger partial charge in [0.1, 0.15) is 0 Å². The van der Waals surface area contributed by atoms with Crippen molar-refractivity contribution in [2.45, 2.75) is 45.6 Å². The number of carbonyl (C=O) groups is 1. The molecule has 0 aliphatic carbocycles. The molecule has 1 aromatic rings. The fraction of sp³-hybridized carbons (Fsp3) is 0.786. The molecule has 6 heteroatoms. The van der Waals surface area contributed by atoms with Crippen molar-refractivity contribution in [3.8, 4) is 0 Å². The number of likely N-dealkylation sites (tertiary alicyclic amines) is 1. The Bertz CT molecular complexity index is 450. The smallest absolute Gasteiger partial charge is 0.243 e. The molecular formula is C14H24N4O2. The van der Waals surface area contributed by atoms with Gasteiger partial charge in [0.25, 0.3) is 0 Å². The average molecular weight is 280 g/mol. The Morgan fingerprint density at radius 3 is 2.50 bits per heavy atom. The molecule has 112 valence electrons. The van der Waals surface area contributed by atoms with E-state index >= 15 is 0 Å². The van der Waals surface area contributed by atoms with E-state index in [1.165, 1.54) is 0 Å². The van der Waals surface area contributed by atoms with Crippen molar-refractivity contribution in [3.63, 3.8) is 0 Å². The first-order valence-corrected chi connectivity index (χ1v) is 7.32. The van der Waals surface area contributed by atoms with E-state index in [-0.39, 0.29) is 23.8 Å². The predicted molar refractivity (Wildman–Crippen MR) is 75.2 cm³/mol. The van der Waals surface area contributed by atoms with Gasteiger partial charge in [0, 0.05) is 18.9 Å². The van der Waals surface area contributed by atoms with E-state index in [9.17, 15) is 4.79 Å². The largest absolute Gasteiger partial charge is 0.359 e. The first kappa shape index (κ1) is 15.0. The van der Waals surface area contributed by atoms with Gasteiger partial charge in [-0.1, -0.05) is 19.0 Å². The monoisotopic (exact) mass is 280 g/mol. The highest BCUT2D eigenvalue weighted by Crippen LogP contribution is 2.26. The summed E-state index contributed by atoms with van der Waals surface area (Å²) in [4.78, 5) is 18.4. The lowest BCUT2D eigenvalue weighted by atomic mass is 9.95. The summed E-state index contributed by atoms with van der Waals surface area (Å²) in [5.41, 5.74) is 0. The van der Waals surface area contributed by atoms with E-state index < -0.39 is 0 Å². The fourth-order valence-electron chi connectivity index (χ4n) is 2.56. The van der Waals surface area contributed by atoms with Gasteiger partial charge in [0.05, 0.1) is 6.04 Å². The van der Waals surface area contributed by atoms with E-state index in [1.54, 1.807) is 7.05 Å². The molecule has 0 bridgehead atoms. The lowest BCUT2D eigenvalue weighted by Gasteiger charge is -2.33. The molecule has 6 nitrogen and oxygen atoms in total. The van der Waals surface area contributed by atoms with Gasteiger partial charge in [-0.15, -0.1) is 0 Å². The maximum atomic E-state index is 11.6. The van der Waals surface area contributed by atoms with Crippen LogP contribution in [0.5, 0.6) is 0 Å². The molecule has 0 unspecified atom stereocenters. The third-order valence-corrected chi connectivity index (χ3v) is 4.03. The molecule has 1 aromatic heterocycles. The molecule has 1 fully saturated rings. The zero-order valence-electron chi connectivity index (χ0n) is 12.7. The highest BCUT2D eigenvalue weighted by atomic mass is 16.5. The van der Waals surface area contributed by atoms with Crippen LogP contribution >= 0.6 is 0 Å². The van der Waals surface area contributed by atoms with Crippen LogP contribution in [0.1, 0.15) is 57.3 Å². The second-order valence-corrected chi connectivity index (χ2v) is 5.75. The number of nitrogens with zero attached hydrogens (tertiary/aromatic N) is 3. The van der Waals surface area contributed by atoms with Gasteiger partial charge in [-0.25, -0.2) is 0 Å². The van der Waals surface area contributed by atoms with E-state index in [4.69, 9.17) is 4.52 Å². The molecular weight excluding hydrogens is 256 g/mol. The standard InChI is InChI=1S/C14H24N4O2/c1-9(2)12-16-14(20-17-12)10(3)18-7-5-11(6-8-18)13(19)15-4/h9-11H,5-8H2,1-4H3,(H,15,19)/t10-/m1/s1. The molecule has 0 spiro atoms. The summed E-state index contributed by atoms with van der Waals surface area (Å²) in [7, 11) is 1.70. The third-order valence-electron chi connectivity index (χ3n) is 4.03. The summed E-state index contributed by atoms with van der Waals surface area (Å²) >= 11 is 0. The summed E-state index contributed by atoms with van der Waals surface area (Å²) < 4.78 is 5.35. The van der Waals surface area contributed by atoms with Crippen LogP contribution in [0, 0.1) is 5.92 Å². The predicted octanol–water partition coefficient (Wildman–Crippen LogP) is 1.71. The lowest BCUT2D eigenvalue weighted by Crippen LogP contribution is -2.40. The summed E-state index contributed by atoms with van der Waals surface area (Å²) in [6.45, 7) is 7.96. The molecule has 1 aliphatic rings. The summed E-state index contributed by atoms with van der Waals surface area (Å²) in [6.07, 6.45) is 1.77. The van der Waals surface area contributed by atoms with Crippen molar-refractivity contribution < 1.29 is 9.32 Å². The molecule has 0 saturated carbocycles. The minimum Gasteiger partial charge on any atom is -0.359 e. The van der Waals surface area contributed by atoms with Gasteiger partial charge >= 0.3 is 0 Å². The van der Waals surface area contributed by atoms with Crippen LogP contribution in [0.3, 0.4) is 0 Å². The number of carbonyl (C=O) groups excluding carboxylic acids is 1. The van der Waals surface area contributed by atoms with E-state index in [0.29, 0.717) is 5.89 Å². The first-order valence-electron chi connectivity index (χ1n) is 7.32. The second kappa shape index (κ2) is 6.35. The molecule has 1 atom stereocenters. The highest BCUT2D eigenvalue weighted by molar-refractivity contribution is 5.78. The SMILES string of the molecule is CNC(=O)C1CCN([C@H](C)c2nc(C(C)C)no2)CC1. The van der Waals surface area contributed by atoms with E-state index in [0.717, 1.165) is 31.8 Å². The maximum absolute atomic E-state index is 11.6. The molecule has 0 radical (unpaired) electrons. The van der Waals surface area contributed by atoms with Gasteiger partial charge in [0.2, 0.25) is 11.8 Å². The number of piperidine rings is 1. The Hall–Kier alpha value is -1.43. The Balaban J connectivity index is 1.94. The van der Waals surface area contributed by atoms with Crippen LogP contribution in [0.15, 0.2) is 4.52 Å². The Labute approximate surface area is 119 Å². The molecule has 1 saturated heterocycles. The van der Waals surface area contributed by atoms with Crippen molar-refractivity contribution in [1.29, 1.82) is 0 Å². The topological polar surface area (TPSA) is 71.3 Å². The van der Waals surface area contributed by atoms with Crippen molar-refractivity contribution in [1.82, 2.24) is 20.4 Å². The highest BCUT2D eigenvalue weighted by Gasteiger charge is 2.29. The zero-order chi connectivity index (χ0) is 14.7. The lowest BCUT2D eigenvalue weighted by molar-refractivity contribution is -0.126. The molecule has 1 aliphatic heterocycles. The number of aromatic nitrogens is 2. The minimum absolute atomic E-state index is 0.112. The number of hydrogen-bond donors (Lipinski definition) is 1.